The van der Waals surface area contributed by atoms with E-state index in [-0.39, 0.29) is 0 Å². The van der Waals surface area contributed by atoms with Crippen molar-refractivity contribution in [3.05, 3.63) is 23.7 Å². The number of hydrogen-bond donors (Lipinski definition) is 1. The van der Waals surface area contributed by atoms with E-state index in [2.05, 4.69) is 23.2 Å². The van der Waals surface area contributed by atoms with Crippen LogP contribution in [0.4, 0.5) is 0 Å². The first-order valence-electron chi connectivity index (χ1n) is 7.89. The second-order valence-electron chi connectivity index (χ2n) is 6.10. The van der Waals surface area contributed by atoms with Gasteiger partial charge >= 0.3 is 0 Å². The van der Waals surface area contributed by atoms with Crippen LogP contribution in [0.5, 0.6) is 0 Å². The van der Waals surface area contributed by atoms with Gasteiger partial charge in [-0.1, -0.05) is 13.3 Å². The van der Waals surface area contributed by atoms with Crippen LogP contribution in [0.3, 0.4) is 0 Å². The normalized spacial score (nSPS) is 24.8. The maximum Gasteiger partial charge on any atom is 0.118 e. The number of rotatable bonds is 6. The molecule has 1 aromatic rings. The van der Waals surface area contributed by atoms with Crippen LogP contribution in [-0.4, -0.2) is 23.5 Å². The fourth-order valence-electron chi connectivity index (χ4n) is 3.08. The molecule has 0 aromatic carbocycles. The number of nitrogens with one attached hydrogen (secondary N) is 1. The van der Waals surface area contributed by atoms with Crippen LogP contribution in [0.2, 0.25) is 0 Å². The van der Waals surface area contributed by atoms with Crippen molar-refractivity contribution in [1.82, 2.24) is 10.2 Å². The van der Waals surface area contributed by atoms with E-state index in [1.54, 1.807) is 0 Å². The summed E-state index contributed by atoms with van der Waals surface area (Å²) >= 11 is 0. The lowest BCUT2D eigenvalue weighted by molar-refractivity contribution is 0.126. The summed E-state index contributed by atoms with van der Waals surface area (Å²) < 4.78 is 5.73. The van der Waals surface area contributed by atoms with Crippen molar-refractivity contribution in [2.75, 3.05) is 6.54 Å². The molecule has 19 heavy (non-hydrogen) atoms. The average molecular weight is 262 g/mol. The summed E-state index contributed by atoms with van der Waals surface area (Å²) in [6, 6.07) is 3.76. The number of furan rings is 1. The molecule has 2 aliphatic rings. The first kappa shape index (κ1) is 13.2. The largest absolute Gasteiger partial charge is 0.468 e. The molecule has 3 heteroatoms. The van der Waals surface area contributed by atoms with Gasteiger partial charge in [-0.3, -0.25) is 4.90 Å². The molecule has 1 saturated carbocycles. The van der Waals surface area contributed by atoms with Crippen LogP contribution in [0.15, 0.2) is 16.7 Å². The fraction of sp³-hybridized carbons (Fsp3) is 0.750. The molecule has 1 atom stereocenters. The molecule has 1 saturated heterocycles. The Hall–Kier alpha value is -0.800. The van der Waals surface area contributed by atoms with E-state index < -0.39 is 0 Å². The minimum absolute atomic E-state index is 0.756. The molecule has 2 heterocycles. The van der Waals surface area contributed by atoms with Gasteiger partial charge in [0.25, 0.3) is 0 Å². The molecule has 0 spiro atoms. The SMILES string of the molecule is CCC1CCCCN1Cc1cc(CNC2CC2)co1. The predicted molar refractivity (Wildman–Crippen MR) is 76.9 cm³/mol. The van der Waals surface area contributed by atoms with E-state index in [9.17, 15) is 0 Å². The standard InChI is InChI=1S/C16H26N2O/c1-2-15-5-3-4-8-18(15)11-16-9-13(12-19-16)10-17-14-6-7-14/h9,12,14-15,17H,2-8,10-11H2,1H3. The third kappa shape index (κ3) is 3.61. The quantitative estimate of drug-likeness (QED) is 0.852. The molecular weight excluding hydrogens is 236 g/mol. The Balaban J connectivity index is 1.52. The molecule has 1 unspecified atom stereocenters. The molecular formula is C16H26N2O. The van der Waals surface area contributed by atoms with Crippen LogP contribution in [-0.2, 0) is 13.1 Å². The van der Waals surface area contributed by atoms with Gasteiger partial charge in [-0.15, -0.1) is 0 Å². The number of likely N-dealkylation sites (tertiary alicyclic amines) is 1. The Labute approximate surface area is 116 Å². The summed E-state index contributed by atoms with van der Waals surface area (Å²) in [7, 11) is 0. The molecule has 2 fully saturated rings. The third-order valence-corrected chi connectivity index (χ3v) is 4.46. The minimum Gasteiger partial charge on any atom is -0.468 e. The highest BCUT2D eigenvalue weighted by Gasteiger charge is 2.22. The lowest BCUT2D eigenvalue weighted by Gasteiger charge is -2.34. The van der Waals surface area contributed by atoms with Gasteiger partial charge in [0.2, 0.25) is 0 Å². The summed E-state index contributed by atoms with van der Waals surface area (Å²) in [6.07, 6.45) is 9.96. The average Bonchev–Trinajstić information content (AvgIpc) is 3.17. The van der Waals surface area contributed by atoms with E-state index in [4.69, 9.17) is 4.42 Å². The number of nitrogens with zero attached hydrogens (tertiary/aromatic N) is 1. The molecule has 1 aliphatic carbocycles. The van der Waals surface area contributed by atoms with E-state index in [0.29, 0.717) is 0 Å². The van der Waals surface area contributed by atoms with Crippen LogP contribution < -0.4 is 5.32 Å². The topological polar surface area (TPSA) is 28.4 Å². The smallest absolute Gasteiger partial charge is 0.118 e. The molecule has 3 nitrogen and oxygen atoms in total. The Kier molecular flexibility index (Phi) is 4.24. The van der Waals surface area contributed by atoms with Gasteiger partial charge in [0.15, 0.2) is 0 Å². The minimum atomic E-state index is 0.756. The van der Waals surface area contributed by atoms with E-state index in [1.165, 1.54) is 50.6 Å². The van der Waals surface area contributed by atoms with Gasteiger partial charge in [0.05, 0.1) is 12.8 Å². The maximum atomic E-state index is 5.73. The van der Waals surface area contributed by atoms with Crippen LogP contribution >= 0.6 is 0 Å². The van der Waals surface area contributed by atoms with E-state index >= 15 is 0 Å². The Morgan fingerprint density at radius 2 is 2.21 bits per heavy atom. The monoisotopic (exact) mass is 262 g/mol. The molecule has 0 bridgehead atoms. The lowest BCUT2D eigenvalue weighted by Crippen LogP contribution is -2.38. The third-order valence-electron chi connectivity index (χ3n) is 4.46. The van der Waals surface area contributed by atoms with Gasteiger partial charge in [0.1, 0.15) is 5.76 Å². The molecule has 106 valence electrons. The number of hydrogen-bond acceptors (Lipinski definition) is 3. The Morgan fingerprint density at radius 1 is 1.32 bits per heavy atom. The van der Waals surface area contributed by atoms with Gasteiger partial charge in [-0.05, 0) is 44.7 Å². The molecule has 0 amide bonds. The van der Waals surface area contributed by atoms with Crippen molar-refractivity contribution in [1.29, 1.82) is 0 Å². The van der Waals surface area contributed by atoms with Crippen LogP contribution in [0.1, 0.15) is 56.8 Å². The zero-order valence-electron chi connectivity index (χ0n) is 12.0. The zero-order chi connectivity index (χ0) is 13.1. The highest BCUT2D eigenvalue weighted by atomic mass is 16.3. The Morgan fingerprint density at radius 3 is 3.00 bits per heavy atom. The summed E-state index contributed by atoms with van der Waals surface area (Å²) in [6.45, 7) is 5.48. The molecule has 1 N–H and O–H groups in total. The summed E-state index contributed by atoms with van der Waals surface area (Å²) in [5.74, 6) is 1.13. The summed E-state index contributed by atoms with van der Waals surface area (Å²) in [4.78, 5) is 2.60. The lowest BCUT2D eigenvalue weighted by atomic mass is 10.00. The maximum absolute atomic E-state index is 5.73. The van der Waals surface area contributed by atoms with E-state index in [1.807, 2.05) is 6.26 Å². The molecule has 3 rings (SSSR count). The fourth-order valence-corrected chi connectivity index (χ4v) is 3.08. The zero-order valence-corrected chi connectivity index (χ0v) is 12.0. The molecule has 1 aromatic heterocycles. The molecule has 1 aliphatic heterocycles. The first-order chi connectivity index (χ1) is 9.35. The second kappa shape index (κ2) is 6.10. The highest BCUT2D eigenvalue weighted by Crippen LogP contribution is 2.23. The first-order valence-corrected chi connectivity index (χ1v) is 7.89. The number of piperidine rings is 1. The van der Waals surface area contributed by atoms with Crippen molar-refractivity contribution >= 4 is 0 Å². The van der Waals surface area contributed by atoms with Gasteiger partial charge in [-0.25, -0.2) is 0 Å². The van der Waals surface area contributed by atoms with Crippen molar-refractivity contribution in [2.45, 2.75) is 70.6 Å². The van der Waals surface area contributed by atoms with Crippen molar-refractivity contribution in [3.8, 4) is 0 Å². The predicted octanol–water partition coefficient (Wildman–Crippen LogP) is 3.30. The van der Waals surface area contributed by atoms with Crippen molar-refractivity contribution in [3.63, 3.8) is 0 Å². The van der Waals surface area contributed by atoms with Gasteiger partial charge in [-0.2, -0.15) is 0 Å². The summed E-state index contributed by atoms with van der Waals surface area (Å²) in [5, 5.41) is 3.54. The van der Waals surface area contributed by atoms with Crippen LogP contribution in [0, 0.1) is 0 Å². The molecule has 0 radical (unpaired) electrons. The van der Waals surface area contributed by atoms with Gasteiger partial charge in [0, 0.05) is 24.2 Å². The highest BCUT2D eigenvalue weighted by molar-refractivity contribution is 5.13. The summed E-state index contributed by atoms with van der Waals surface area (Å²) in [5.41, 5.74) is 1.30. The van der Waals surface area contributed by atoms with Crippen molar-refractivity contribution < 1.29 is 4.42 Å². The second-order valence-corrected chi connectivity index (χ2v) is 6.10. The Bertz CT molecular complexity index is 397. The van der Waals surface area contributed by atoms with Gasteiger partial charge < -0.3 is 9.73 Å². The van der Waals surface area contributed by atoms with E-state index in [0.717, 1.165) is 30.9 Å². The van der Waals surface area contributed by atoms with Crippen LogP contribution in [0.25, 0.3) is 0 Å². The van der Waals surface area contributed by atoms with Crippen molar-refractivity contribution in [2.24, 2.45) is 0 Å².